The minimum Gasteiger partial charge on any atom is -0.459 e. The number of nitrogens with zero attached hydrogens (tertiary/aromatic N) is 4. The highest BCUT2D eigenvalue weighted by Gasteiger charge is 2.51. The van der Waals surface area contributed by atoms with Gasteiger partial charge in [0.15, 0.2) is 24.0 Å². The number of rotatable bonds is 38. The molecular weight excluding hydrogens is 889 g/mol. The van der Waals surface area contributed by atoms with Crippen LogP contribution < -0.4 is 5.73 Å². The Bertz CT molecular complexity index is 1680. The number of carbonyl (C=O) groups excluding carboxylic acids is 1. The first-order valence-corrected chi connectivity index (χ1v) is 27.9. The zero-order valence-corrected chi connectivity index (χ0v) is 41.1. The van der Waals surface area contributed by atoms with Gasteiger partial charge in [0, 0.05) is 17.4 Å². The van der Waals surface area contributed by atoms with Crippen molar-refractivity contribution < 1.29 is 61.9 Å². The van der Waals surface area contributed by atoms with Gasteiger partial charge in [0.25, 0.3) is 0 Å². The summed E-state index contributed by atoms with van der Waals surface area (Å²) in [6.45, 7) is 6.42. The van der Waals surface area contributed by atoms with Crippen LogP contribution in [0.5, 0.6) is 0 Å². The average molecular weight is 968 g/mol. The molecule has 1 aliphatic heterocycles. The van der Waals surface area contributed by atoms with E-state index in [2.05, 4.69) is 44.6 Å². The summed E-state index contributed by atoms with van der Waals surface area (Å²) in [4.78, 5) is 53.7. The maximum atomic E-state index is 13.3. The Morgan fingerprint density at radius 1 is 0.828 bits per heavy atom. The molecule has 0 aliphatic carbocycles. The fraction of sp³-hybridized carbons (Fsp3) is 0.860. The number of aliphatic hydroxyl groups is 2. The van der Waals surface area contributed by atoms with Gasteiger partial charge in [-0.25, -0.2) is 24.1 Å². The number of hydrogen-bond acceptors (Lipinski definition) is 15. The van der Waals surface area contributed by atoms with Crippen LogP contribution in [0.25, 0.3) is 11.2 Å². The summed E-state index contributed by atoms with van der Waals surface area (Å²) in [6.07, 6.45) is 22.2. The van der Waals surface area contributed by atoms with Gasteiger partial charge >= 0.3 is 21.6 Å². The Morgan fingerprint density at radius 3 is 1.91 bits per heavy atom. The monoisotopic (exact) mass is 967 g/mol. The molecule has 3 heterocycles. The second-order valence-electron chi connectivity index (χ2n) is 17.1. The third-order valence-electron chi connectivity index (χ3n) is 11.4. The number of phosphoric acid groups is 2. The van der Waals surface area contributed by atoms with Gasteiger partial charge in [-0.15, -0.1) is 0 Å². The number of phosphoric ester groups is 1. The number of ether oxygens (including phenoxy) is 3. The molecule has 3 rings (SSSR count). The van der Waals surface area contributed by atoms with Crippen molar-refractivity contribution in [2.45, 2.75) is 223 Å². The van der Waals surface area contributed by atoms with Gasteiger partial charge in [-0.2, -0.15) is 16.1 Å². The second kappa shape index (κ2) is 31.3. The average Bonchev–Trinajstić information content (AvgIpc) is 3.81. The first-order chi connectivity index (χ1) is 30.7. The van der Waals surface area contributed by atoms with Gasteiger partial charge < -0.3 is 44.8 Å². The highest BCUT2D eigenvalue weighted by molar-refractivity contribution is 7.99. The van der Waals surface area contributed by atoms with E-state index in [1.807, 2.05) is 0 Å². The van der Waals surface area contributed by atoms with Crippen LogP contribution in [0.1, 0.15) is 188 Å². The Labute approximate surface area is 384 Å². The Hall–Kier alpha value is -1.73. The van der Waals surface area contributed by atoms with Crippen molar-refractivity contribution in [1.29, 1.82) is 0 Å². The molecule has 0 radical (unpaired) electrons. The van der Waals surface area contributed by atoms with Gasteiger partial charge in [-0.3, -0.25) is 13.9 Å². The lowest BCUT2D eigenvalue weighted by Gasteiger charge is -2.26. The number of anilines is 1. The molecule has 21 heteroatoms. The molecule has 1 aliphatic rings. The maximum Gasteiger partial charge on any atom is 0.483 e. The normalized spacial score (nSPS) is 20.4. The van der Waals surface area contributed by atoms with Gasteiger partial charge in [-0.05, 0) is 12.8 Å². The SMILES string of the molecule is CCCCCCCCCCCCCCCC(=O)OC(CO[C@H]1[C@H](O)[C@@H](C(O)OP(=O)(O)OP(=O)(O)O)O[C@H]1n1cnc2c(N)ncnc21)CSC(C)CCCCCCCCCCCC. The summed E-state index contributed by atoms with van der Waals surface area (Å²) in [5, 5.41) is 22.6. The van der Waals surface area contributed by atoms with Crippen LogP contribution in [0.3, 0.4) is 0 Å². The van der Waals surface area contributed by atoms with Gasteiger partial charge in [0.2, 0.25) is 0 Å². The minimum atomic E-state index is -5.57. The third-order valence-corrected chi connectivity index (χ3v) is 15.0. The number of hydrogen-bond donors (Lipinski definition) is 6. The number of unbranched alkanes of at least 4 members (excludes halogenated alkanes) is 21. The van der Waals surface area contributed by atoms with Crippen molar-refractivity contribution in [3.63, 3.8) is 0 Å². The molecular formula is C43H79N5O13P2S. The number of nitrogens with two attached hydrogens (primary N) is 1. The molecule has 8 atom stereocenters. The van der Waals surface area contributed by atoms with E-state index < -0.39 is 52.6 Å². The van der Waals surface area contributed by atoms with Crippen LogP contribution >= 0.6 is 27.4 Å². The molecule has 2 aromatic heterocycles. The third kappa shape index (κ3) is 22.4. The molecule has 4 unspecified atom stereocenters. The topological polar surface area (TPSA) is 268 Å². The Balaban J connectivity index is 1.63. The van der Waals surface area contributed by atoms with Crippen molar-refractivity contribution >= 4 is 50.4 Å². The summed E-state index contributed by atoms with van der Waals surface area (Å²) in [6, 6.07) is 0. The van der Waals surface area contributed by atoms with Crippen LogP contribution in [-0.2, 0) is 37.0 Å². The number of imidazole rings is 1. The quantitative estimate of drug-likeness (QED) is 0.0158. The van der Waals surface area contributed by atoms with E-state index in [0.717, 1.165) is 38.5 Å². The molecule has 1 fully saturated rings. The molecule has 7 N–H and O–H groups in total. The van der Waals surface area contributed by atoms with E-state index >= 15 is 0 Å². The number of esters is 1. The maximum absolute atomic E-state index is 13.3. The molecule has 0 bridgehead atoms. The summed E-state index contributed by atoms with van der Waals surface area (Å²) in [5.41, 5.74) is 6.37. The van der Waals surface area contributed by atoms with Crippen molar-refractivity contribution in [1.82, 2.24) is 19.5 Å². The van der Waals surface area contributed by atoms with Crippen LogP contribution in [0.2, 0.25) is 0 Å². The minimum absolute atomic E-state index is 0.0508. The number of fused-ring (bicyclic) bond motifs is 1. The number of aliphatic hydroxyl groups excluding tert-OH is 2. The van der Waals surface area contributed by atoms with Crippen LogP contribution in [0, 0.1) is 0 Å². The molecule has 0 amide bonds. The Morgan fingerprint density at radius 2 is 1.36 bits per heavy atom. The molecule has 0 spiro atoms. The van der Waals surface area contributed by atoms with E-state index in [-0.39, 0.29) is 41.2 Å². The van der Waals surface area contributed by atoms with E-state index in [9.17, 15) is 29.0 Å². The van der Waals surface area contributed by atoms with E-state index in [1.54, 1.807) is 11.8 Å². The first-order valence-electron chi connectivity index (χ1n) is 23.8. The lowest BCUT2D eigenvalue weighted by molar-refractivity contribution is -0.161. The predicted octanol–water partition coefficient (Wildman–Crippen LogP) is 9.42. The number of aromatic nitrogens is 4. The van der Waals surface area contributed by atoms with E-state index in [4.69, 9.17) is 29.7 Å². The van der Waals surface area contributed by atoms with Crippen molar-refractivity contribution in [2.75, 3.05) is 18.1 Å². The zero-order valence-electron chi connectivity index (χ0n) is 38.5. The van der Waals surface area contributed by atoms with Gasteiger partial charge in [0.05, 0.1) is 12.9 Å². The van der Waals surface area contributed by atoms with Crippen LogP contribution in [0.4, 0.5) is 5.82 Å². The summed E-state index contributed by atoms with van der Waals surface area (Å²) in [7, 11) is -11.1. The molecule has 0 saturated carbocycles. The largest absolute Gasteiger partial charge is 0.483 e. The first kappa shape index (κ1) is 56.6. The number of nitrogen functional groups attached to an aromatic ring is 1. The highest BCUT2D eigenvalue weighted by Crippen LogP contribution is 2.58. The predicted molar refractivity (Wildman–Crippen MR) is 248 cm³/mol. The van der Waals surface area contributed by atoms with E-state index in [1.165, 1.54) is 126 Å². The fourth-order valence-corrected chi connectivity index (χ4v) is 10.5. The standard InChI is InChI=1S/C43H79N5O13P2S/c1-4-6-8-10-12-14-16-17-18-20-22-24-26-28-35(49)58-34(30-64-33(3)27-25-23-21-19-15-13-11-9-7-5-2)29-57-38-37(50)39(43(51)60-63(55,56)61-62(52,53)54)59-42(38)48-32-47-36-40(44)45-31-46-41(36)48/h31-34,37-39,42-43,50-51H,4-30H2,1-3H3,(H,55,56)(H2,44,45,46)(H2,52,53,54)/t33?,34?,37-,38-,39-,42+,43?/m0/s1. The van der Waals surface area contributed by atoms with Crippen LogP contribution in [0.15, 0.2) is 12.7 Å². The molecule has 0 aromatic carbocycles. The second-order valence-corrected chi connectivity index (χ2v) is 21.4. The van der Waals surface area contributed by atoms with Crippen LogP contribution in [-0.4, -0.2) is 98.7 Å². The number of carbonyl (C=O) groups is 1. The lowest BCUT2D eigenvalue weighted by atomic mass is 10.0. The van der Waals surface area contributed by atoms with Gasteiger partial charge in [0.1, 0.15) is 36.3 Å². The number of thioether (sulfide) groups is 1. The molecule has 1 saturated heterocycles. The Kier molecular flexibility index (Phi) is 27.7. The smallest absolute Gasteiger partial charge is 0.459 e. The van der Waals surface area contributed by atoms with Crippen molar-refractivity contribution in [3.8, 4) is 0 Å². The fourth-order valence-electron chi connectivity index (χ4n) is 7.86. The van der Waals surface area contributed by atoms with Crippen molar-refractivity contribution in [2.24, 2.45) is 0 Å². The molecule has 370 valence electrons. The van der Waals surface area contributed by atoms with Crippen molar-refractivity contribution in [3.05, 3.63) is 12.7 Å². The molecule has 64 heavy (non-hydrogen) atoms. The zero-order chi connectivity index (χ0) is 46.8. The van der Waals surface area contributed by atoms with E-state index in [0.29, 0.717) is 12.2 Å². The summed E-state index contributed by atoms with van der Waals surface area (Å²) >= 11 is 1.66. The molecule has 18 nitrogen and oxygen atoms in total. The highest BCUT2D eigenvalue weighted by atomic mass is 32.2. The summed E-state index contributed by atoms with van der Waals surface area (Å²) < 4.78 is 51.5. The van der Waals surface area contributed by atoms with Gasteiger partial charge in [-0.1, -0.05) is 162 Å². The lowest BCUT2D eigenvalue weighted by Crippen LogP contribution is -2.42. The summed E-state index contributed by atoms with van der Waals surface area (Å²) in [5.74, 6) is 0.0883. The molecule has 2 aromatic rings.